The van der Waals surface area contributed by atoms with E-state index in [-0.39, 0.29) is 35.8 Å². The fraction of sp³-hybridized carbons (Fsp3) is 0.448. The Labute approximate surface area is 219 Å². The number of pyridine rings is 1. The molecule has 0 radical (unpaired) electrons. The molecule has 1 fully saturated rings. The number of amides is 1. The van der Waals surface area contributed by atoms with Gasteiger partial charge in [-0.3, -0.25) is 9.69 Å². The van der Waals surface area contributed by atoms with Gasteiger partial charge < -0.3 is 14.7 Å². The summed E-state index contributed by atoms with van der Waals surface area (Å²) in [5.41, 5.74) is 5.99. The zero-order valence-corrected chi connectivity index (χ0v) is 21.2. The average Bonchev–Trinajstić information content (AvgIpc) is 3.41. The standard InChI is InChI=1S/C29H30F2N4O3/c1-33-22-15-20(24-19(27(33)37)4-2-5-23(24)38-28(30)31)25-21-14-18(8-13-35(21)32-26(22)25)17-6-11-34(12-7-17)29(16-36)9-3-10-29/h2,4-6,8,13-14,20,22,28,36H,3,7,9-12,15-16H2,1H3. The zero-order valence-electron chi connectivity index (χ0n) is 21.2. The SMILES string of the molecule is CN1C(=O)c2cccc(OC(F)F)c2C2CC1c1nn3ccc(C4=CCN(C5(CO)CCC5)CC4)cc3c12. The molecule has 4 aliphatic rings. The molecule has 198 valence electrons. The van der Waals surface area contributed by atoms with E-state index in [1.165, 1.54) is 18.1 Å². The highest BCUT2D eigenvalue weighted by Gasteiger charge is 2.46. The summed E-state index contributed by atoms with van der Waals surface area (Å²) in [6, 6.07) is 8.79. The van der Waals surface area contributed by atoms with Crippen molar-refractivity contribution in [2.45, 2.75) is 56.2 Å². The number of aliphatic hydroxyl groups excluding tert-OH is 1. The van der Waals surface area contributed by atoms with Crippen LogP contribution in [0.3, 0.4) is 0 Å². The Morgan fingerprint density at radius 2 is 2.08 bits per heavy atom. The minimum Gasteiger partial charge on any atom is -0.434 e. The summed E-state index contributed by atoms with van der Waals surface area (Å²) in [5.74, 6) is -0.433. The van der Waals surface area contributed by atoms with Crippen molar-refractivity contribution in [1.82, 2.24) is 19.4 Å². The molecule has 2 aromatic heterocycles. The van der Waals surface area contributed by atoms with E-state index in [0.717, 1.165) is 54.7 Å². The van der Waals surface area contributed by atoms with Crippen molar-refractivity contribution in [2.75, 3.05) is 26.7 Å². The van der Waals surface area contributed by atoms with Crippen molar-refractivity contribution in [3.8, 4) is 5.75 Å². The molecule has 7 nitrogen and oxygen atoms in total. The number of nitrogens with zero attached hydrogens (tertiary/aromatic N) is 4. The van der Waals surface area contributed by atoms with Crippen LogP contribution in [0.4, 0.5) is 8.78 Å². The molecule has 2 aliphatic carbocycles. The molecule has 2 aliphatic heterocycles. The summed E-state index contributed by atoms with van der Waals surface area (Å²) in [5, 5.41) is 14.8. The molecule has 1 N–H and O–H groups in total. The van der Waals surface area contributed by atoms with Gasteiger partial charge in [0.2, 0.25) is 0 Å². The van der Waals surface area contributed by atoms with E-state index in [1.807, 2.05) is 10.7 Å². The van der Waals surface area contributed by atoms with Crippen LogP contribution in [0.5, 0.6) is 5.75 Å². The number of halogens is 2. The molecule has 2 bridgehead atoms. The zero-order chi connectivity index (χ0) is 26.2. The number of carbonyl (C=O) groups is 1. The fourth-order valence-corrected chi connectivity index (χ4v) is 7.08. The molecule has 1 aromatic carbocycles. The number of alkyl halides is 2. The fourth-order valence-electron chi connectivity index (χ4n) is 7.08. The topological polar surface area (TPSA) is 70.3 Å². The maximum absolute atomic E-state index is 13.3. The van der Waals surface area contributed by atoms with Crippen LogP contribution in [0.1, 0.15) is 76.8 Å². The predicted molar refractivity (Wildman–Crippen MR) is 137 cm³/mol. The number of rotatable bonds is 5. The average molecular weight is 521 g/mol. The van der Waals surface area contributed by atoms with Crippen molar-refractivity contribution in [2.24, 2.45) is 0 Å². The maximum Gasteiger partial charge on any atom is 0.387 e. The van der Waals surface area contributed by atoms with Crippen LogP contribution in [-0.2, 0) is 0 Å². The van der Waals surface area contributed by atoms with Gasteiger partial charge in [0.15, 0.2) is 0 Å². The monoisotopic (exact) mass is 520 g/mol. The van der Waals surface area contributed by atoms with Crippen molar-refractivity contribution < 1.29 is 23.4 Å². The van der Waals surface area contributed by atoms with Crippen LogP contribution in [0, 0.1) is 0 Å². The van der Waals surface area contributed by atoms with E-state index in [1.54, 1.807) is 24.1 Å². The van der Waals surface area contributed by atoms with Gasteiger partial charge in [0.05, 0.1) is 23.9 Å². The number of aliphatic hydroxyl groups is 1. The van der Waals surface area contributed by atoms with E-state index >= 15 is 0 Å². The number of aromatic nitrogens is 2. The summed E-state index contributed by atoms with van der Waals surface area (Å²) in [4.78, 5) is 17.4. The van der Waals surface area contributed by atoms with E-state index in [0.29, 0.717) is 17.5 Å². The van der Waals surface area contributed by atoms with Crippen LogP contribution >= 0.6 is 0 Å². The lowest BCUT2D eigenvalue weighted by molar-refractivity contribution is -0.0505. The Kier molecular flexibility index (Phi) is 5.39. The Morgan fingerprint density at radius 1 is 1.24 bits per heavy atom. The normalized spacial score (nSPS) is 24.2. The Hall–Kier alpha value is -3.30. The van der Waals surface area contributed by atoms with Gasteiger partial charge in [0.25, 0.3) is 5.91 Å². The van der Waals surface area contributed by atoms with Crippen LogP contribution in [0.15, 0.2) is 42.6 Å². The van der Waals surface area contributed by atoms with E-state index in [2.05, 4.69) is 23.1 Å². The van der Waals surface area contributed by atoms with E-state index in [4.69, 9.17) is 9.84 Å². The summed E-state index contributed by atoms with van der Waals surface area (Å²) in [7, 11) is 1.75. The molecule has 9 heteroatoms. The molecule has 4 heterocycles. The van der Waals surface area contributed by atoms with Gasteiger partial charge in [0, 0.05) is 54.5 Å². The summed E-state index contributed by atoms with van der Waals surface area (Å²) >= 11 is 0. The van der Waals surface area contributed by atoms with Crippen molar-refractivity contribution in [3.05, 3.63) is 70.6 Å². The lowest BCUT2D eigenvalue weighted by Crippen LogP contribution is -2.57. The van der Waals surface area contributed by atoms with Gasteiger partial charge in [-0.2, -0.15) is 13.9 Å². The lowest BCUT2D eigenvalue weighted by atomic mass is 9.75. The largest absolute Gasteiger partial charge is 0.434 e. The Bertz CT molecular complexity index is 1470. The number of ether oxygens (including phenoxy) is 1. The van der Waals surface area contributed by atoms with Crippen LogP contribution in [0.2, 0.25) is 0 Å². The number of hydrogen-bond acceptors (Lipinski definition) is 5. The highest BCUT2D eigenvalue weighted by Crippen LogP contribution is 2.53. The van der Waals surface area contributed by atoms with Gasteiger partial charge in [-0.05, 0) is 67.5 Å². The third-order valence-corrected chi connectivity index (χ3v) is 9.30. The molecule has 2 unspecified atom stereocenters. The Morgan fingerprint density at radius 3 is 2.76 bits per heavy atom. The molecule has 2 atom stereocenters. The summed E-state index contributed by atoms with van der Waals surface area (Å²) in [6.45, 7) is -1.04. The van der Waals surface area contributed by atoms with Crippen molar-refractivity contribution >= 4 is 17.0 Å². The quantitative estimate of drug-likeness (QED) is 0.533. The molecule has 38 heavy (non-hydrogen) atoms. The van der Waals surface area contributed by atoms with Crippen LogP contribution < -0.4 is 4.74 Å². The molecular formula is C29H30F2N4O3. The third kappa shape index (κ3) is 3.37. The second-order valence-electron chi connectivity index (χ2n) is 11.0. The highest BCUT2D eigenvalue weighted by molar-refractivity contribution is 5.98. The van der Waals surface area contributed by atoms with E-state index in [9.17, 15) is 18.7 Å². The predicted octanol–water partition coefficient (Wildman–Crippen LogP) is 4.60. The number of hydrogen-bond donors (Lipinski definition) is 1. The Balaban J connectivity index is 1.31. The van der Waals surface area contributed by atoms with Crippen molar-refractivity contribution in [3.63, 3.8) is 0 Å². The van der Waals surface area contributed by atoms with Gasteiger partial charge in [-0.1, -0.05) is 12.1 Å². The maximum atomic E-state index is 13.3. The molecule has 3 aromatic rings. The number of fused-ring (bicyclic) bond motifs is 9. The smallest absolute Gasteiger partial charge is 0.387 e. The number of benzene rings is 1. The van der Waals surface area contributed by atoms with Crippen molar-refractivity contribution in [1.29, 1.82) is 0 Å². The van der Waals surface area contributed by atoms with E-state index < -0.39 is 6.61 Å². The van der Waals surface area contributed by atoms with Gasteiger partial charge >= 0.3 is 6.61 Å². The van der Waals surface area contributed by atoms with Crippen LogP contribution in [-0.4, -0.2) is 69.3 Å². The first-order valence-electron chi connectivity index (χ1n) is 13.3. The van der Waals surface area contributed by atoms with Crippen LogP contribution in [0.25, 0.3) is 11.1 Å². The van der Waals surface area contributed by atoms with Gasteiger partial charge in [-0.25, -0.2) is 4.52 Å². The highest BCUT2D eigenvalue weighted by atomic mass is 19.3. The summed E-state index contributed by atoms with van der Waals surface area (Å²) < 4.78 is 33.5. The minimum absolute atomic E-state index is 0.0525. The molecule has 0 saturated heterocycles. The second-order valence-corrected chi connectivity index (χ2v) is 11.0. The molecule has 0 spiro atoms. The van der Waals surface area contributed by atoms with Gasteiger partial charge in [0.1, 0.15) is 5.75 Å². The third-order valence-electron chi connectivity index (χ3n) is 9.30. The molecular weight excluding hydrogens is 490 g/mol. The molecule has 7 rings (SSSR count). The summed E-state index contributed by atoms with van der Waals surface area (Å²) in [6.07, 6.45) is 8.98. The first kappa shape index (κ1) is 23.8. The van der Waals surface area contributed by atoms with Gasteiger partial charge in [-0.15, -0.1) is 0 Å². The number of carbonyl (C=O) groups excluding carboxylic acids is 1. The first-order valence-corrected chi connectivity index (χ1v) is 13.3. The molecule has 1 saturated carbocycles. The minimum atomic E-state index is -2.98. The molecule has 1 amide bonds. The first-order chi connectivity index (χ1) is 18.4. The second kappa shape index (κ2) is 8.61. The lowest BCUT2D eigenvalue weighted by Gasteiger charge is -2.50.